The maximum absolute atomic E-state index is 13.0. The first-order valence-corrected chi connectivity index (χ1v) is 9.18. The number of hydrogen-bond acceptors (Lipinski definition) is 4. The fraction of sp³-hybridized carbons (Fsp3) is 0.238. The molecule has 0 spiro atoms. The van der Waals surface area contributed by atoms with E-state index in [0.717, 1.165) is 41.8 Å². The highest BCUT2D eigenvalue weighted by Crippen LogP contribution is 2.24. The Morgan fingerprint density at radius 2 is 1.85 bits per heavy atom. The van der Waals surface area contributed by atoms with Gasteiger partial charge in [-0.15, -0.1) is 0 Å². The van der Waals surface area contributed by atoms with E-state index < -0.39 is 0 Å². The zero-order valence-corrected chi connectivity index (χ0v) is 16.2. The number of benzene rings is 2. The molecule has 0 radical (unpaired) electrons. The Labute approximate surface area is 163 Å². The van der Waals surface area contributed by atoms with Crippen LogP contribution in [0.25, 0.3) is 23.1 Å². The number of fused-ring (bicyclic) bond motifs is 1. The maximum Gasteiger partial charge on any atom is 0.154 e. The van der Waals surface area contributed by atoms with Crippen molar-refractivity contribution < 1.29 is 4.39 Å². The van der Waals surface area contributed by atoms with Crippen LogP contribution in [-0.4, -0.2) is 42.1 Å². The normalized spacial score (nSPS) is 11.6. The Morgan fingerprint density at radius 3 is 2.59 bits per heavy atom. The second kappa shape index (κ2) is 8.93. The van der Waals surface area contributed by atoms with Crippen molar-refractivity contribution in [2.75, 3.05) is 32.5 Å². The van der Waals surface area contributed by atoms with Gasteiger partial charge in [0.05, 0.1) is 5.52 Å². The summed E-state index contributed by atoms with van der Waals surface area (Å²) in [6.45, 7) is 1.81. The van der Waals surface area contributed by atoms with Crippen molar-refractivity contribution in [3.05, 3.63) is 64.7 Å². The van der Waals surface area contributed by atoms with Crippen LogP contribution in [0.15, 0.2) is 42.5 Å². The predicted octanol–water partition coefficient (Wildman–Crippen LogP) is 4.96. The smallest absolute Gasteiger partial charge is 0.154 e. The van der Waals surface area contributed by atoms with Gasteiger partial charge in [0.15, 0.2) is 5.82 Å². The molecule has 1 aromatic heterocycles. The van der Waals surface area contributed by atoms with Gasteiger partial charge in [0.2, 0.25) is 0 Å². The van der Waals surface area contributed by atoms with Gasteiger partial charge in [-0.2, -0.15) is 0 Å². The lowest BCUT2D eigenvalue weighted by Gasteiger charge is -2.12. The zero-order valence-electron chi connectivity index (χ0n) is 15.4. The number of hydrogen-bond donors (Lipinski definition) is 1. The molecule has 0 unspecified atom stereocenters. The first-order valence-electron chi connectivity index (χ1n) is 8.81. The summed E-state index contributed by atoms with van der Waals surface area (Å²) < 4.78 is 13.0. The maximum atomic E-state index is 13.0. The van der Waals surface area contributed by atoms with E-state index in [1.807, 2.05) is 30.4 Å². The number of nitrogens with zero attached hydrogens (tertiary/aromatic N) is 3. The Hall–Kier alpha value is -2.50. The fourth-order valence-corrected chi connectivity index (χ4v) is 2.84. The highest BCUT2D eigenvalue weighted by molar-refractivity contribution is 6.31. The SMILES string of the molecule is CN(C)CCCNc1nc(/C=C/c2ccc(F)cc2)nc2cc(Cl)ccc12. The van der Waals surface area contributed by atoms with Crippen molar-refractivity contribution in [3.8, 4) is 0 Å². The monoisotopic (exact) mass is 384 g/mol. The van der Waals surface area contributed by atoms with Crippen LogP contribution in [0.5, 0.6) is 0 Å². The average molecular weight is 385 g/mol. The molecule has 1 N–H and O–H groups in total. The van der Waals surface area contributed by atoms with E-state index in [1.165, 1.54) is 12.1 Å². The molecule has 0 bridgehead atoms. The van der Waals surface area contributed by atoms with Crippen LogP contribution in [0.4, 0.5) is 10.2 Å². The molecule has 0 saturated heterocycles. The summed E-state index contributed by atoms with van der Waals surface area (Å²) in [7, 11) is 4.11. The first kappa shape index (κ1) is 19.3. The van der Waals surface area contributed by atoms with Gasteiger partial charge in [-0.05, 0) is 69.0 Å². The van der Waals surface area contributed by atoms with Gasteiger partial charge in [0.1, 0.15) is 11.6 Å². The van der Waals surface area contributed by atoms with E-state index in [9.17, 15) is 4.39 Å². The van der Waals surface area contributed by atoms with Crippen molar-refractivity contribution in [1.29, 1.82) is 0 Å². The molecule has 0 saturated carbocycles. The van der Waals surface area contributed by atoms with Gasteiger partial charge in [0, 0.05) is 17.0 Å². The quantitative estimate of drug-likeness (QED) is 0.585. The number of nitrogens with one attached hydrogen (secondary N) is 1. The molecule has 0 amide bonds. The van der Waals surface area contributed by atoms with Crippen LogP contribution >= 0.6 is 11.6 Å². The second-order valence-electron chi connectivity index (χ2n) is 6.56. The summed E-state index contributed by atoms with van der Waals surface area (Å²) in [6, 6.07) is 11.9. The minimum atomic E-state index is -0.257. The standard InChI is InChI=1S/C21H22ClFN4/c1-27(2)13-3-12-24-21-18-10-7-16(22)14-19(18)25-20(26-21)11-6-15-4-8-17(23)9-5-15/h4-11,14H,3,12-13H2,1-2H3,(H,24,25,26)/b11-6+. The van der Waals surface area contributed by atoms with Crippen LogP contribution in [0, 0.1) is 5.82 Å². The molecule has 2 aromatic carbocycles. The Bertz CT molecular complexity index is 939. The Morgan fingerprint density at radius 1 is 1.07 bits per heavy atom. The van der Waals surface area contributed by atoms with Gasteiger partial charge in [-0.25, -0.2) is 14.4 Å². The lowest BCUT2D eigenvalue weighted by molar-refractivity contribution is 0.405. The minimum absolute atomic E-state index is 0.257. The molecular weight excluding hydrogens is 363 g/mol. The Balaban J connectivity index is 1.87. The van der Waals surface area contributed by atoms with E-state index in [2.05, 4.69) is 34.3 Å². The molecule has 3 rings (SSSR count). The van der Waals surface area contributed by atoms with Crippen molar-refractivity contribution in [2.24, 2.45) is 0 Å². The van der Waals surface area contributed by atoms with Crippen LogP contribution in [0.1, 0.15) is 17.8 Å². The molecular formula is C21H22ClFN4. The number of aromatic nitrogens is 2. The summed E-state index contributed by atoms with van der Waals surface area (Å²) in [5.41, 5.74) is 1.66. The Kier molecular flexibility index (Phi) is 6.37. The molecule has 0 fully saturated rings. The van der Waals surface area contributed by atoms with Crippen molar-refractivity contribution in [1.82, 2.24) is 14.9 Å². The summed E-state index contributed by atoms with van der Waals surface area (Å²) in [4.78, 5) is 11.4. The van der Waals surface area contributed by atoms with Gasteiger partial charge < -0.3 is 10.2 Å². The lowest BCUT2D eigenvalue weighted by Crippen LogP contribution is -2.17. The summed E-state index contributed by atoms with van der Waals surface area (Å²) in [5.74, 6) is 1.10. The molecule has 27 heavy (non-hydrogen) atoms. The third kappa shape index (κ3) is 5.49. The van der Waals surface area contributed by atoms with Crippen molar-refractivity contribution >= 4 is 40.5 Å². The third-order valence-electron chi connectivity index (χ3n) is 4.05. The van der Waals surface area contributed by atoms with E-state index in [1.54, 1.807) is 12.1 Å². The van der Waals surface area contributed by atoms with Crippen LogP contribution < -0.4 is 5.32 Å². The van der Waals surface area contributed by atoms with Gasteiger partial charge >= 0.3 is 0 Å². The third-order valence-corrected chi connectivity index (χ3v) is 4.28. The number of halogens is 2. The lowest BCUT2D eigenvalue weighted by atomic mass is 10.2. The molecule has 140 valence electrons. The van der Waals surface area contributed by atoms with Crippen LogP contribution in [-0.2, 0) is 0 Å². The predicted molar refractivity (Wildman–Crippen MR) is 112 cm³/mol. The van der Waals surface area contributed by atoms with Gasteiger partial charge in [-0.1, -0.05) is 29.8 Å². The van der Waals surface area contributed by atoms with E-state index in [-0.39, 0.29) is 5.82 Å². The summed E-state index contributed by atoms with van der Waals surface area (Å²) >= 11 is 6.13. The molecule has 4 nitrogen and oxygen atoms in total. The van der Waals surface area contributed by atoms with E-state index >= 15 is 0 Å². The van der Waals surface area contributed by atoms with Crippen LogP contribution in [0.3, 0.4) is 0 Å². The fourth-order valence-electron chi connectivity index (χ4n) is 2.68. The van der Waals surface area contributed by atoms with Gasteiger partial charge in [0.25, 0.3) is 0 Å². The molecule has 1 heterocycles. The number of anilines is 1. The zero-order chi connectivity index (χ0) is 19.2. The number of rotatable bonds is 7. The van der Waals surface area contributed by atoms with Crippen molar-refractivity contribution in [2.45, 2.75) is 6.42 Å². The largest absolute Gasteiger partial charge is 0.369 e. The van der Waals surface area contributed by atoms with Gasteiger partial charge in [-0.3, -0.25) is 0 Å². The molecule has 0 aliphatic rings. The minimum Gasteiger partial charge on any atom is -0.369 e. The first-order chi connectivity index (χ1) is 13.0. The topological polar surface area (TPSA) is 41.0 Å². The summed E-state index contributed by atoms with van der Waals surface area (Å²) in [5, 5.41) is 4.97. The summed E-state index contributed by atoms with van der Waals surface area (Å²) in [6.07, 6.45) is 4.69. The molecule has 0 aliphatic heterocycles. The molecule has 0 atom stereocenters. The van der Waals surface area contributed by atoms with E-state index in [0.29, 0.717) is 10.8 Å². The highest BCUT2D eigenvalue weighted by atomic mass is 35.5. The van der Waals surface area contributed by atoms with E-state index in [4.69, 9.17) is 11.6 Å². The van der Waals surface area contributed by atoms with Crippen LogP contribution in [0.2, 0.25) is 5.02 Å². The molecule has 3 aromatic rings. The average Bonchev–Trinajstić information content (AvgIpc) is 2.64. The molecule has 0 aliphatic carbocycles. The second-order valence-corrected chi connectivity index (χ2v) is 7.00. The molecule has 6 heteroatoms. The highest BCUT2D eigenvalue weighted by Gasteiger charge is 2.07. The van der Waals surface area contributed by atoms with Crippen molar-refractivity contribution in [3.63, 3.8) is 0 Å².